The molecule has 0 unspecified atom stereocenters. The van der Waals surface area contributed by atoms with Crippen molar-refractivity contribution in [1.29, 1.82) is 0 Å². The maximum atomic E-state index is 12.5. The first-order valence-corrected chi connectivity index (χ1v) is 10.3. The van der Waals surface area contributed by atoms with Gasteiger partial charge in [0.2, 0.25) is 0 Å². The van der Waals surface area contributed by atoms with Crippen LogP contribution in [0.1, 0.15) is 27.0 Å². The molecule has 0 bridgehead atoms. The normalized spacial score (nSPS) is 10.6. The van der Waals surface area contributed by atoms with Crippen molar-refractivity contribution in [3.63, 3.8) is 0 Å². The molecule has 4 rings (SSSR count). The van der Waals surface area contributed by atoms with E-state index < -0.39 is 0 Å². The van der Waals surface area contributed by atoms with Gasteiger partial charge in [-0.3, -0.25) is 9.48 Å². The van der Waals surface area contributed by atoms with Crippen LogP contribution in [-0.2, 0) is 13.2 Å². The zero-order chi connectivity index (χ0) is 21.6. The second-order valence-corrected chi connectivity index (χ2v) is 7.72. The fourth-order valence-electron chi connectivity index (χ4n) is 3.18. The van der Waals surface area contributed by atoms with E-state index in [0.29, 0.717) is 35.3 Å². The lowest BCUT2D eigenvalue weighted by atomic mass is 10.1. The number of benzene rings is 3. The highest BCUT2D eigenvalue weighted by molar-refractivity contribution is 6.30. The van der Waals surface area contributed by atoms with E-state index in [-0.39, 0.29) is 5.91 Å². The molecule has 0 aliphatic rings. The largest absolute Gasteiger partial charge is 0.489 e. The summed E-state index contributed by atoms with van der Waals surface area (Å²) in [5.41, 5.74) is 3.88. The molecule has 0 aliphatic heterocycles. The Morgan fingerprint density at radius 3 is 2.58 bits per heavy atom. The second kappa shape index (κ2) is 9.49. The number of nitrogens with zero attached hydrogens (tertiary/aromatic N) is 2. The molecule has 0 saturated carbocycles. The maximum absolute atomic E-state index is 12.5. The van der Waals surface area contributed by atoms with E-state index in [0.717, 1.165) is 11.1 Å². The average Bonchev–Trinajstić information content (AvgIpc) is 3.19. The highest BCUT2D eigenvalue weighted by Crippen LogP contribution is 2.18. The third-order valence-corrected chi connectivity index (χ3v) is 4.96. The van der Waals surface area contributed by atoms with Crippen molar-refractivity contribution < 1.29 is 9.53 Å². The number of hydrogen-bond acceptors (Lipinski definition) is 3. The number of ether oxygens (including phenoxy) is 1. The topological polar surface area (TPSA) is 56.2 Å². The number of carbonyl (C=O) groups is 1. The molecule has 0 spiro atoms. The quantitative estimate of drug-likeness (QED) is 0.407. The number of anilines is 1. The Balaban J connectivity index is 1.33. The van der Waals surface area contributed by atoms with Crippen molar-refractivity contribution in [2.45, 2.75) is 20.1 Å². The summed E-state index contributed by atoms with van der Waals surface area (Å²) in [5, 5.41) is 7.92. The molecular formula is C25H22ClN3O2. The molecule has 1 N–H and O–H groups in total. The van der Waals surface area contributed by atoms with Gasteiger partial charge >= 0.3 is 0 Å². The van der Waals surface area contributed by atoms with E-state index in [1.54, 1.807) is 35.0 Å². The number of halogens is 1. The van der Waals surface area contributed by atoms with Crippen molar-refractivity contribution in [2.75, 3.05) is 5.32 Å². The van der Waals surface area contributed by atoms with Crippen LogP contribution in [0.3, 0.4) is 0 Å². The summed E-state index contributed by atoms with van der Waals surface area (Å²) in [6.07, 6.45) is 1.86. The molecule has 0 aliphatic carbocycles. The van der Waals surface area contributed by atoms with Crippen LogP contribution in [0.4, 0.5) is 5.82 Å². The second-order valence-electron chi connectivity index (χ2n) is 7.28. The van der Waals surface area contributed by atoms with Gasteiger partial charge in [0.15, 0.2) is 5.82 Å². The molecule has 1 heterocycles. The predicted octanol–water partition coefficient (Wildman–Crippen LogP) is 5.72. The van der Waals surface area contributed by atoms with Gasteiger partial charge in [-0.1, -0.05) is 59.6 Å². The first kappa shape index (κ1) is 20.7. The SMILES string of the molecule is Cc1cccc(Cn2ccc(NC(=O)c3ccc(COc4cccc(Cl)c4)cc3)n2)c1. The van der Waals surface area contributed by atoms with E-state index >= 15 is 0 Å². The lowest BCUT2D eigenvalue weighted by Gasteiger charge is -2.08. The summed E-state index contributed by atoms with van der Waals surface area (Å²) >= 11 is 5.97. The molecule has 4 aromatic rings. The van der Waals surface area contributed by atoms with Crippen LogP contribution in [0.15, 0.2) is 85.1 Å². The number of carbonyl (C=O) groups excluding carboxylic acids is 1. The molecule has 1 aromatic heterocycles. The lowest BCUT2D eigenvalue weighted by Crippen LogP contribution is -2.13. The summed E-state index contributed by atoms with van der Waals surface area (Å²) in [6.45, 7) is 3.11. The molecule has 3 aromatic carbocycles. The van der Waals surface area contributed by atoms with Gasteiger partial charge in [-0.05, 0) is 48.4 Å². The van der Waals surface area contributed by atoms with E-state index in [9.17, 15) is 4.79 Å². The van der Waals surface area contributed by atoms with Gasteiger partial charge in [-0.2, -0.15) is 5.10 Å². The van der Waals surface area contributed by atoms with E-state index in [1.807, 2.05) is 36.5 Å². The van der Waals surface area contributed by atoms with Gasteiger partial charge in [-0.15, -0.1) is 0 Å². The summed E-state index contributed by atoms with van der Waals surface area (Å²) in [6, 6.07) is 24.6. The van der Waals surface area contributed by atoms with Gasteiger partial charge in [0, 0.05) is 22.8 Å². The van der Waals surface area contributed by atoms with Gasteiger partial charge in [0.05, 0.1) is 6.54 Å². The molecule has 0 fully saturated rings. The van der Waals surface area contributed by atoms with Gasteiger partial charge in [-0.25, -0.2) is 0 Å². The number of nitrogens with one attached hydrogen (secondary N) is 1. The van der Waals surface area contributed by atoms with Crippen molar-refractivity contribution in [3.05, 3.63) is 112 Å². The Kier molecular flexibility index (Phi) is 6.34. The van der Waals surface area contributed by atoms with E-state index in [4.69, 9.17) is 16.3 Å². The zero-order valence-electron chi connectivity index (χ0n) is 17.1. The third kappa shape index (κ3) is 5.74. The molecule has 6 heteroatoms. The molecular weight excluding hydrogens is 410 g/mol. The number of aryl methyl sites for hydroxylation is 1. The average molecular weight is 432 g/mol. The van der Waals surface area contributed by atoms with E-state index in [1.165, 1.54) is 5.56 Å². The molecule has 156 valence electrons. The lowest BCUT2D eigenvalue weighted by molar-refractivity contribution is 0.102. The van der Waals surface area contributed by atoms with Crippen LogP contribution in [0.25, 0.3) is 0 Å². The summed E-state index contributed by atoms with van der Waals surface area (Å²) in [5.74, 6) is 1.02. The van der Waals surface area contributed by atoms with Crippen LogP contribution < -0.4 is 10.1 Å². The van der Waals surface area contributed by atoms with Gasteiger partial charge in [0.1, 0.15) is 12.4 Å². The number of hydrogen-bond donors (Lipinski definition) is 1. The van der Waals surface area contributed by atoms with Crippen LogP contribution >= 0.6 is 11.6 Å². The minimum absolute atomic E-state index is 0.205. The molecule has 0 saturated heterocycles. The van der Waals surface area contributed by atoms with Crippen LogP contribution in [0.5, 0.6) is 5.75 Å². The third-order valence-electron chi connectivity index (χ3n) is 4.73. The van der Waals surface area contributed by atoms with Gasteiger partial charge in [0.25, 0.3) is 5.91 Å². The highest BCUT2D eigenvalue weighted by atomic mass is 35.5. The van der Waals surface area contributed by atoms with Crippen LogP contribution in [0.2, 0.25) is 5.02 Å². The Labute approximate surface area is 186 Å². The molecule has 31 heavy (non-hydrogen) atoms. The van der Waals surface area contributed by atoms with Crippen LogP contribution in [0, 0.1) is 6.92 Å². The Morgan fingerprint density at radius 2 is 1.81 bits per heavy atom. The molecule has 0 radical (unpaired) electrons. The molecule has 5 nitrogen and oxygen atoms in total. The van der Waals surface area contributed by atoms with Crippen molar-refractivity contribution in [3.8, 4) is 5.75 Å². The summed E-state index contributed by atoms with van der Waals surface area (Å²) in [4.78, 5) is 12.5. The minimum Gasteiger partial charge on any atom is -0.489 e. The standard InChI is InChI=1S/C25H22ClN3O2/c1-18-4-2-5-20(14-18)16-29-13-12-24(28-29)27-25(30)21-10-8-19(9-11-21)17-31-23-7-3-6-22(26)15-23/h2-15H,16-17H2,1H3,(H,27,28,30). The first-order valence-electron chi connectivity index (χ1n) is 9.93. The van der Waals surface area contributed by atoms with Crippen molar-refractivity contribution >= 4 is 23.3 Å². The first-order chi connectivity index (χ1) is 15.0. The molecule has 1 amide bonds. The van der Waals surface area contributed by atoms with Crippen LogP contribution in [-0.4, -0.2) is 15.7 Å². The predicted molar refractivity (Wildman–Crippen MR) is 123 cm³/mol. The van der Waals surface area contributed by atoms with E-state index in [2.05, 4.69) is 35.5 Å². The fourth-order valence-corrected chi connectivity index (χ4v) is 3.36. The smallest absolute Gasteiger partial charge is 0.256 e. The highest BCUT2D eigenvalue weighted by Gasteiger charge is 2.09. The number of amides is 1. The Morgan fingerprint density at radius 1 is 1.00 bits per heavy atom. The molecule has 0 atom stereocenters. The Bertz CT molecular complexity index is 1190. The summed E-state index contributed by atoms with van der Waals surface area (Å²) < 4.78 is 7.54. The number of rotatable bonds is 7. The van der Waals surface area contributed by atoms with Gasteiger partial charge < -0.3 is 10.1 Å². The Hall–Kier alpha value is -3.57. The zero-order valence-corrected chi connectivity index (χ0v) is 17.8. The van der Waals surface area contributed by atoms with Crippen molar-refractivity contribution in [2.24, 2.45) is 0 Å². The minimum atomic E-state index is -0.205. The number of aromatic nitrogens is 2. The monoisotopic (exact) mass is 431 g/mol. The summed E-state index contributed by atoms with van der Waals surface area (Å²) in [7, 11) is 0. The fraction of sp³-hybridized carbons (Fsp3) is 0.120. The maximum Gasteiger partial charge on any atom is 0.256 e. The van der Waals surface area contributed by atoms with Crippen molar-refractivity contribution in [1.82, 2.24) is 9.78 Å².